The lowest BCUT2D eigenvalue weighted by Gasteiger charge is -2.27. The summed E-state index contributed by atoms with van der Waals surface area (Å²) >= 11 is 0. The van der Waals surface area contributed by atoms with Gasteiger partial charge in [-0.1, -0.05) is 30.3 Å². The molecular weight excluding hydrogens is 459 g/mol. The molecule has 7 nitrogen and oxygen atoms in total. The van der Waals surface area contributed by atoms with Crippen LogP contribution >= 0.6 is 0 Å². The fourth-order valence-electron chi connectivity index (χ4n) is 3.91. The number of nitrogens with zero attached hydrogens (tertiary/aromatic N) is 2. The molecule has 1 heterocycles. The molecule has 9 heteroatoms. The van der Waals surface area contributed by atoms with E-state index in [2.05, 4.69) is 0 Å². The zero-order chi connectivity index (χ0) is 24.3. The smallest absolute Gasteiger partial charge is 0.252 e. The van der Waals surface area contributed by atoms with Crippen LogP contribution in [-0.4, -0.2) is 44.2 Å². The van der Waals surface area contributed by atoms with Crippen molar-refractivity contribution in [1.82, 2.24) is 4.31 Å². The van der Waals surface area contributed by atoms with Gasteiger partial charge < -0.3 is 4.74 Å². The number of imide groups is 1. The van der Waals surface area contributed by atoms with E-state index in [1.54, 1.807) is 24.3 Å². The molecule has 0 spiro atoms. The summed E-state index contributed by atoms with van der Waals surface area (Å²) in [6, 6.07) is 18.8. The van der Waals surface area contributed by atoms with Crippen LogP contribution in [0.1, 0.15) is 12.0 Å². The van der Waals surface area contributed by atoms with E-state index in [1.165, 1.54) is 7.11 Å². The Morgan fingerprint density at radius 3 is 2.24 bits per heavy atom. The number of sulfonamides is 1. The van der Waals surface area contributed by atoms with Crippen LogP contribution in [-0.2, 0) is 26.0 Å². The first-order chi connectivity index (χ1) is 16.3. The van der Waals surface area contributed by atoms with Gasteiger partial charge in [-0.05, 0) is 60.5 Å². The highest BCUT2D eigenvalue weighted by Gasteiger charge is 2.46. The summed E-state index contributed by atoms with van der Waals surface area (Å²) in [5.74, 6) is -1.15. The minimum Gasteiger partial charge on any atom is -0.497 e. The van der Waals surface area contributed by atoms with Crippen molar-refractivity contribution < 1.29 is 27.1 Å². The van der Waals surface area contributed by atoms with Crippen LogP contribution in [0.4, 0.5) is 10.1 Å². The topological polar surface area (TPSA) is 84.0 Å². The van der Waals surface area contributed by atoms with Crippen molar-refractivity contribution in [3.05, 3.63) is 90.2 Å². The number of rotatable bonds is 8. The zero-order valence-electron chi connectivity index (χ0n) is 18.4. The summed E-state index contributed by atoms with van der Waals surface area (Å²) < 4.78 is 46.7. The first kappa shape index (κ1) is 23.6. The maximum absolute atomic E-state index is 13.5. The van der Waals surface area contributed by atoms with Gasteiger partial charge in [-0.2, -0.15) is 4.31 Å². The lowest BCUT2D eigenvalue weighted by molar-refractivity contribution is -0.122. The third-order valence-electron chi connectivity index (χ3n) is 5.68. The molecule has 1 saturated heterocycles. The lowest BCUT2D eigenvalue weighted by atomic mass is 10.1. The maximum Gasteiger partial charge on any atom is 0.252 e. The predicted molar refractivity (Wildman–Crippen MR) is 124 cm³/mol. The lowest BCUT2D eigenvalue weighted by Crippen LogP contribution is -2.46. The van der Waals surface area contributed by atoms with Crippen molar-refractivity contribution in [1.29, 1.82) is 0 Å². The third kappa shape index (κ3) is 4.71. The largest absolute Gasteiger partial charge is 0.497 e. The van der Waals surface area contributed by atoms with E-state index in [4.69, 9.17) is 4.74 Å². The Labute approximate surface area is 197 Å². The molecule has 34 heavy (non-hydrogen) atoms. The molecular formula is C25H23FN2O5S. The average Bonchev–Trinajstić information content (AvgIpc) is 3.13. The molecule has 0 aromatic heterocycles. The number of halogens is 1. The van der Waals surface area contributed by atoms with Crippen LogP contribution in [0.25, 0.3) is 0 Å². The maximum atomic E-state index is 13.5. The van der Waals surface area contributed by atoms with Crippen LogP contribution in [0.2, 0.25) is 0 Å². The van der Waals surface area contributed by atoms with Gasteiger partial charge >= 0.3 is 0 Å². The highest BCUT2D eigenvalue weighted by molar-refractivity contribution is 7.89. The molecule has 1 atom stereocenters. The van der Waals surface area contributed by atoms with Crippen molar-refractivity contribution in [2.75, 3.05) is 18.6 Å². The summed E-state index contributed by atoms with van der Waals surface area (Å²) in [7, 11) is -2.69. The standard InChI is InChI=1S/C25H23FN2O5S/c1-33-21-11-9-20(10-12-21)28-24(29)17-23(25(28)30)27(16-15-18-5-3-2-4-6-18)34(31,32)22-13-7-19(26)8-14-22/h2-14,23H,15-17H2,1H3. The van der Waals surface area contributed by atoms with Gasteiger partial charge in [-0.25, -0.2) is 17.7 Å². The number of benzene rings is 3. The number of anilines is 1. The molecule has 1 fully saturated rings. The van der Waals surface area contributed by atoms with Crippen LogP contribution in [0.3, 0.4) is 0 Å². The van der Waals surface area contributed by atoms with E-state index in [-0.39, 0.29) is 17.9 Å². The number of carbonyl (C=O) groups excluding carboxylic acids is 2. The van der Waals surface area contributed by atoms with E-state index in [0.29, 0.717) is 17.9 Å². The van der Waals surface area contributed by atoms with Crippen LogP contribution < -0.4 is 9.64 Å². The fourth-order valence-corrected chi connectivity index (χ4v) is 5.50. The summed E-state index contributed by atoms with van der Waals surface area (Å²) in [6.45, 7) is -0.0239. The quantitative estimate of drug-likeness (QED) is 0.460. The van der Waals surface area contributed by atoms with Crippen molar-refractivity contribution in [2.24, 2.45) is 0 Å². The van der Waals surface area contributed by atoms with Crippen LogP contribution in [0.5, 0.6) is 5.75 Å². The van der Waals surface area contributed by atoms with E-state index in [0.717, 1.165) is 39.0 Å². The fraction of sp³-hybridized carbons (Fsp3) is 0.200. The van der Waals surface area contributed by atoms with E-state index >= 15 is 0 Å². The molecule has 176 valence electrons. The molecule has 0 saturated carbocycles. The molecule has 0 radical (unpaired) electrons. The Kier molecular flexibility index (Phi) is 6.76. The monoisotopic (exact) mass is 482 g/mol. The number of carbonyl (C=O) groups is 2. The highest BCUT2D eigenvalue weighted by Crippen LogP contribution is 2.30. The molecule has 0 bridgehead atoms. The Bertz CT molecular complexity index is 1280. The molecule has 2 amide bonds. The van der Waals surface area contributed by atoms with Gasteiger partial charge in [0.1, 0.15) is 17.6 Å². The second-order valence-electron chi connectivity index (χ2n) is 7.79. The van der Waals surface area contributed by atoms with Gasteiger partial charge in [0.25, 0.3) is 5.91 Å². The van der Waals surface area contributed by atoms with Gasteiger partial charge in [-0.15, -0.1) is 0 Å². The first-order valence-corrected chi connectivity index (χ1v) is 12.1. The Balaban J connectivity index is 1.68. The summed E-state index contributed by atoms with van der Waals surface area (Å²) in [5, 5.41) is 0. The number of hydrogen-bond donors (Lipinski definition) is 0. The zero-order valence-corrected chi connectivity index (χ0v) is 19.2. The van der Waals surface area contributed by atoms with Gasteiger partial charge in [0.15, 0.2) is 0 Å². The first-order valence-electron chi connectivity index (χ1n) is 10.6. The molecule has 4 rings (SSSR count). The Morgan fingerprint density at radius 2 is 1.62 bits per heavy atom. The third-order valence-corrected chi connectivity index (χ3v) is 7.61. The minimum absolute atomic E-state index is 0.0239. The molecule has 1 aliphatic heterocycles. The van der Waals surface area contributed by atoms with E-state index in [1.807, 2.05) is 30.3 Å². The second kappa shape index (κ2) is 9.74. The predicted octanol–water partition coefficient (Wildman–Crippen LogP) is 3.40. The van der Waals surface area contributed by atoms with E-state index in [9.17, 15) is 22.4 Å². The second-order valence-corrected chi connectivity index (χ2v) is 9.68. The normalized spacial score (nSPS) is 16.3. The molecule has 1 unspecified atom stereocenters. The SMILES string of the molecule is COc1ccc(N2C(=O)CC(N(CCc3ccccc3)S(=O)(=O)c3ccc(F)cc3)C2=O)cc1. The summed E-state index contributed by atoms with van der Waals surface area (Å²) in [5.41, 5.74) is 1.21. The van der Waals surface area contributed by atoms with Crippen molar-refractivity contribution in [3.63, 3.8) is 0 Å². The van der Waals surface area contributed by atoms with Gasteiger partial charge in [-0.3, -0.25) is 9.59 Å². The molecule has 3 aromatic carbocycles. The van der Waals surface area contributed by atoms with Crippen LogP contribution in [0.15, 0.2) is 83.8 Å². The molecule has 0 aliphatic carbocycles. The Morgan fingerprint density at radius 1 is 0.971 bits per heavy atom. The van der Waals surface area contributed by atoms with Crippen LogP contribution in [0, 0.1) is 5.82 Å². The van der Waals surface area contributed by atoms with Gasteiger partial charge in [0.05, 0.1) is 24.1 Å². The van der Waals surface area contributed by atoms with Crippen molar-refractivity contribution in [2.45, 2.75) is 23.8 Å². The highest BCUT2D eigenvalue weighted by atomic mass is 32.2. The van der Waals surface area contributed by atoms with Gasteiger partial charge in [0, 0.05) is 6.54 Å². The average molecular weight is 483 g/mol. The summed E-state index contributed by atoms with van der Waals surface area (Å²) in [4.78, 5) is 27.1. The molecule has 1 aliphatic rings. The number of hydrogen-bond acceptors (Lipinski definition) is 5. The number of methoxy groups -OCH3 is 1. The van der Waals surface area contributed by atoms with Crippen molar-refractivity contribution in [3.8, 4) is 5.75 Å². The number of amides is 2. The van der Waals surface area contributed by atoms with Crippen molar-refractivity contribution >= 4 is 27.5 Å². The minimum atomic E-state index is -4.20. The molecule has 3 aromatic rings. The number of ether oxygens (including phenoxy) is 1. The Hall–Kier alpha value is -3.56. The summed E-state index contributed by atoms with van der Waals surface area (Å²) in [6.07, 6.45) is 0.0435. The van der Waals surface area contributed by atoms with Gasteiger partial charge in [0.2, 0.25) is 15.9 Å². The molecule has 0 N–H and O–H groups in total. The van der Waals surface area contributed by atoms with E-state index < -0.39 is 33.7 Å².